The highest BCUT2D eigenvalue weighted by Gasteiger charge is 2.21. The van der Waals surface area contributed by atoms with Gasteiger partial charge in [-0.05, 0) is 49.0 Å². The van der Waals surface area contributed by atoms with E-state index in [-0.39, 0.29) is 5.91 Å². The number of nitrogens with zero attached hydrogens (tertiary/aromatic N) is 3. The number of fused-ring (bicyclic) bond motifs is 1. The molecule has 0 radical (unpaired) electrons. The molecule has 0 unspecified atom stereocenters. The predicted octanol–water partition coefficient (Wildman–Crippen LogP) is 3.83. The number of hydrogen-bond acceptors (Lipinski definition) is 2. The lowest BCUT2D eigenvalue weighted by Crippen LogP contribution is -2.37. The fraction of sp³-hybridized carbons (Fsp3) is 0.273. The lowest BCUT2D eigenvalue weighted by atomic mass is 9.90. The molecule has 1 aliphatic heterocycles. The van der Waals surface area contributed by atoms with Crippen LogP contribution in [0.4, 0.5) is 0 Å². The Labute approximate surface area is 153 Å². The highest BCUT2D eigenvalue weighted by atomic mass is 16.2. The van der Waals surface area contributed by atoms with Crippen LogP contribution in [0.2, 0.25) is 0 Å². The largest absolute Gasteiger partial charge is 0.339 e. The highest BCUT2D eigenvalue weighted by molar-refractivity contribution is 5.91. The zero-order valence-electron chi connectivity index (χ0n) is 14.8. The molecule has 1 amide bonds. The maximum absolute atomic E-state index is 12.5. The fourth-order valence-corrected chi connectivity index (χ4v) is 3.64. The topological polar surface area (TPSA) is 37.6 Å². The minimum absolute atomic E-state index is 0.0917. The molecule has 132 valence electrons. The molecular weight excluding hydrogens is 322 g/mol. The summed E-state index contributed by atoms with van der Waals surface area (Å²) in [7, 11) is 0. The van der Waals surface area contributed by atoms with E-state index in [1.807, 2.05) is 39.8 Å². The fourth-order valence-electron chi connectivity index (χ4n) is 3.64. The summed E-state index contributed by atoms with van der Waals surface area (Å²) in [5.41, 5.74) is 3.21. The Morgan fingerprint density at radius 2 is 1.85 bits per heavy atom. The first kappa shape index (κ1) is 16.6. The molecule has 0 N–H and O–H groups in total. The van der Waals surface area contributed by atoms with Gasteiger partial charge in [0.15, 0.2) is 0 Å². The van der Waals surface area contributed by atoms with Crippen LogP contribution in [0, 0.1) is 5.92 Å². The van der Waals surface area contributed by atoms with Crippen molar-refractivity contribution in [3.63, 3.8) is 0 Å². The molecule has 26 heavy (non-hydrogen) atoms. The molecular formula is C22H23N3O. The zero-order chi connectivity index (χ0) is 17.8. The van der Waals surface area contributed by atoms with E-state index in [1.54, 1.807) is 12.3 Å². The third kappa shape index (κ3) is 3.69. The molecule has 0 bridgehead atoms. The SMILES string of the molecule is O=C(/C=C/c1cnc2ccccn12)N1CCC(Cc2ccccc2)CC1. The Hall–Kier alpha value is -2.88. The summed E-state index contributed by atoms with van der Waals surface area (Å²) in [5, 5.41) is 0. The third-order valence-corrected chi connectivity index (χ3v) is 5.14. The van der Waals surface area contributed by atoms with Crippen LogP contribution < -0.4 is 0 Å². The van der Waals surface area contributed by atoms with Gasteiger partial charge in [0.25, 0.3) is 0 Å². The molecule has 4 heteroatoms. The van der Waals surface area contributed by atoms with Gasteiger partial charge >= 0.3 is 0 Å². The summed E-state index contributed by atoms with van der Waals surface area (Å²) < 4.78 is 1.98. The molecule has 0 atom stereocenters. The normalized spacial score (nSPS) is 15.8. The molecule has 1 saturated heterocycles. The zero-order valence-corrected chi connectivity index (χ0v) is 14.8. The Kier molecular flexibility index (Phi) is 4.82. The summed E-state index contributed by atoms with van der Waals surface area (Å²) in [4.78, 5) is 18.8. The number of carbonyl (C=O) groups is 1. The monoisotopic (exact) mass is 345 g/mol. The number of aromatic nitrogens is 2. The van der Waals surface area contributed by atoms with E-state index in [0.29, 0.717) is 5.92 Å². The number of rotatable bonds is 4. The van der Waals surface area contributed by atoms with E-state index in [0.717, 1.165) is 43.7 Å². The molecule has 3 aromatic rings. The van der Waals surface area contributed by atoms with Crippen molar-refractivity contribution in [2.24, 2.45) is 5.92 Å². The predicted molar refractivity (Wildman–Crippen MR) is 104 cm³/mol. The van der Waals surface area contributed by atoms with Crippen molar-refractivity contribution in [3.8, 4) is 0 Å². The number of pyridine rings is 1. The van der Waals surface area contributed by atoms with Crippen molar-refractivity contribution in [2.75, 3.05) is 13.1 Å². The van der Waals surface area contributed by atoms with Gasteiger partial charge in [0.2, 0.25) is 5.91 Å². The molecule has 0 saturated carbocycles. The van der Waals surface area contributed by atoms with Crippen molar-refractivity contribution < 1.29 is 4.79 Å². The average Bonchev–Trinajstić information content (AvgIpc) is 3.11. The van der Waals surface area contributed by atoms with Crippen molar-refractivity contribution in [1.29, 1.82) is 0 Å². The van der Waals surface area contributed by atoms with Crippen molar-refractivity contribution in [2.45, 2.75) is 19.3 Å². The van der Waals surface area contributed by atoms with E-state index in [9.17, 15) is 4.79 Å². The number of likely N-dealkylation sites (tertiary alicyclic amines) is 1. The Balaban J connectivity index is 1.33. The molecule has 1 fully saturated rings. The summed E-state index contributed by atoms with van der Waals surface area (Å²) in [5.74, 6) is 0.762. The molecule has 4 rings (SSSR count). The van der Waals surface area contributed by atoms with Gasteiger partial charge in [-0.1, -0.05) is 36.4 Å². The number of amides is 1. The minimum Gasteiger partial charge on any atom is -0.339 e. The summed E-state index contributed by atoms with van der Waals surface area (Å²) >= 11 is 0. The Morgan fingerprint density at radius 3 is 2.65 bits per heavy atom. The van der Waals surface area contributed by atoms with Gasteiger partial charge in [0, 0.05) is 25.4 Å². The van der Waals surface area contributed by atoms with Crippen LogP contribution in [-0.2, 0) is 11.2 Å². The van der Waals surface area contributed by atoms with Crippen LogP contribution in [0.5, 0.6) is 0 Å². The standard InChI is InChI=1S/C22H23N3O/c26-22(10-9-20-17-23-21-8-4-5-13-25(20)21)24-14-11-19(12-15-24)16-18-6-2-1-3-7-18/h1-10,13,17,19H,11-12,14-16H2/b10-9+. The lowest BCUT2D eigenvalue weighted by Gasteiger charge is -2.31. The second-order valence-corrected chi connectivity index (χ2v) is 6.90. The number of hydrogen-bond donors (Lipinski definition) is 0. The van der Waals surface area contributed by atoms with Crippen LogP contribution in [-0.4, -0.2) is 33.3 Å². The quantitative estimate of drug-likeness (QED) is 0.674. The number of carbonyl (C=O) groups excluding carboxylic acids is 1. The Morgan fingerprint density at radius 1 is 1.08 bits per heavy atom. The van der Waals surface area contributed by atoms with E-state index in [1.165, 1.54) is 5.56 Å². The average molecular weight is 345 g/mol. The lowest BCUT2D eigenvalue weighted by molar-refractivity contribution is -0.127. The third-order valence-electron chi connectivity index (χ3n) is 5.14. The molecule has 0 spiro atoms. The molecule has 1 aliphatic rings. The molecule has 1 aromatic carbocycles. The second-order valence-electron chi connectivity index (χ2n) is 6.90. The number of benzene rings is 1. The van der Waals surface area contributed by atoms with Crippen molar-refractivity contribution >= 4 is 17.6 Å². The van der Waals surface area contributed by atoms with Gasteiger partial charge < -0.3 is 9.30 Å². The summed E-state index contributed by atoms with van der Waals surface area (Å²) in [6.07, 6.45) is 10.5. The van der Waals surface area contributed by atoms with Crippen LogP contribution in [0.25, 0.3) is 11.7 Å². The summed E-state index contributed by atoms with van der Waals surface area (Å²) in [6, 6.07) is 16.5. The molecule has 4 nitrogen and oxygen atoms in total. The van der Waals surface area contributed by atoms with Gasteiger partial charge in [-0.15, -0.1) is 0 Å². The molecule has 3 heterocycles. The highest BCUT2D eigenvalue weighted by Crippen LogP contribution is 2.22. The van der Waals surface area contributed by atoms with Crippen LogP contribution >= 0.6 is 0 Å². The van der Waals surface area contributed by atoms with Gasteiger partial charge in [-0.25, -0.2) is 4.98 Å². The maximum Gasteiger partial charge on any atom is 0.246 e. The van der Waals surface area contributed by atoms with Crippen LogP contribution in [0.3, 0.4) is 0 Å². The van der Waals surface area contributed by atoms with Crippen LogP contribution in [0.15, 0.2) is 67.0 Å². The van der Waals surface area contributed by atoms with E-state index in [2.05, 4.69) is 35.3 Å². The Bertz CT molecular complexity index is 905. The summed E-state index contributed by atoms with van der Waals surface area (Å²) in [6.45, 7) is 1.68. The van der Waals surface area contributed by atoms with Gasteiger partial charge in [0.1, 0.15) is 5.65 Å². The van der Waals surface area contributed by atoms with Crippen LogP contribution in [0.1, 0.15) is 24.1 Å². The van der Waals surface area contributed by atoms with Crippen molar-refractivity contribution in [3.05, 3.63) is 78.3 Å². The number of piperidine rings is 1. The van der Waals surface area contributed by atoms with Gasteiger partial charge in [-0.3, -0.25) is 4.79 Å². The number of imidazole rings is 1. The van der Waals surface area contributed by atoms with Gasteiger partial charge in [0.05, 0.1) is 11.9 Å². The van der Waals surface area contributed by atoms with E-state index < -0.39 is 0 Å². The first-order valence-electron chi connectivity index (χ1n) is 9.22. The smallest absolute Gasteiger partial charge is 0.246 e. The minimum atomic E-state index is 0.0917. The first-order valence-corrected chi connectivity index (χ1v) is 9.22. The molecule has 2 aromatic heterocycles. The molecule has 0 aliphatic carbocycles. The van der Waals surface area contributed by atoms with Crippen molar-refractivity contribution in [1.82, 2.24) is 14.3 Å². The van der Waals surface area contributed by atoms with E-state index >= 15 is 0 Å². The second kappa shape index (κ2) is 7.56. The first-order chi connectivity index (χ1) is 12.8. The van der Waals surface area contributed by atoms with E-state index in [4.69, 9.17) is 0 Å². The maximum atomic E-state index is 12.5. The van der Waals surface area contributed by atoms with Gasteiger partial charge in [-0.2, -0.15) is 0 Å².